The molecule has 0 bridgehead atoms. The fraction of sp³-hybridized carbons (Fsp3) is 0.667. The van der Waals surface area contributed by atoms with Gasteiger partial charge in [0.15, 0.2) is 0 Å². The fourth-order valence-corrected chi connectivity index (χ4v) is 3.24. The first kappa shape index (κ1) is 22.1. The lowest BCUT2D eigenvalue weighted by Gasteiger charge is -2.03. The summed E-state index contributed by atoms with van der Waals surface area (Å²) in [6, 6.07) is 10.7. The molecule has 0 unspecified atom stereocenters. The minimum Gasteiger partial charge on any atom is -0.344 e. The Labute approximate surface area is 142 Å². The Morgan fingerprint density at radius 2 is 1.13 bits per heavy atom. The van der Waals surface area contributed by atoms with Crippen LogP contribution in [0.4, 0.5) is 0 Å². The van der Waals surface area contributed by atoms with Gasteiger partial charge < -0.3 is 6.15 Å². The van der Waals surface area contributed by atoms with E-state index in [1.54, 1.807) is 0 Å². The fourth-order valence-electron chi connectivity index (χ4n) is 2.67. The maximum absolute atomic E-state index is 10.5. The average molecular weight is 344 g/mol. The number of benzene rings is 1. The highest BCUT2D eigenvalue weighted by atomic mass is 32.2. The summed E-state index contributed by atoms with van der Waals surface area (Å²) in [6.45, 7) is 0. The molecule has 23 heavy (non-hydrogen) atoms. The number of unbranched alkanes of at least 4 members (excludes halogenated alkanes) is 9. The molecule has 0 aliphatic carbocycles. The van der Waals surface area contributed by atoms with Crippen LogP contribution >= 0.6 is 0 Å². The summed E-state index contributed by atoms with van der Waals surface area (Å²) in [5.74, 6) is -0.0889. The molecule has 0 saturated heterocycles. The monoisotopic (exact) mass is 343 g/mol. The Morgan fingerprint density at radius 1 is 0.696 bits per heavy atom. The van der Waals surface area contributed by atoms with Crippen molar-refractivity contribution >= 4 is 10.1 Å². The molecule has 1 rings (SSSR count). The molecule has 5 heteroatoms. The van der Waals surface area contributed by atoms with E-state index in [9.17, 15) is 8.42 Å². The molecule has 4 N–H and O–H groups in total. The maximum atomic E-state index is 10.5. The Balaban J connectivity index is 0.00000484. The van der Waals surface area contributed by atoms with E-state index in [0.717, 1.165) is 12.8 Å². The van der Waals surface area contributed by atoms with Gasteiger partial charge in [0.2, 0.25) is 0 Å². The highest BCUT2D eigenvalue weighted by Gasteiger charge is 2.02. The minimum atomic E-state index is -3.75. The van der Waals surface area contributed by atoms with Crippen molar-refractivity contribution in [1.29, 1.82) is 0 Å². The predicted molar refractivity (Wildman–Crippen MR) is 97.8 cm³/mol. The third kappa shape index (κ3) is 14.4. The molecule has 0 amide bonds. The lowest BCUT2D eigenvalue weighted by Crippen LogP contribution is -2.03. The van der Waals surface area contributed by atoms with Crippen molar-refractivity contribution < 1.29 is 13.0 Å². The number of rotatable bonds is 13. The first-order chi connectivity index (χ1) is 10.6. The molecule has 0 atom stereocenters. The Bertz CT molecular complexity index is 474. The van der Waals surface area contributed by atoms with Gasteiger partial charge in [-0.3, -0.25) is 4.55 Å². The lowest BCUT2D eigenvalue weighted by molar-refractivity contribution is 0.478. The van der Waals surface area contributed by atoms with Gasteiger partial charge in [0.05, 0.1) is 5.75 Å². The minimum absolute atomic E-state index is 0. The van der Waals surface area contributed by atoms with Crippen molar-refractivity contribution in [1.82, 2.24) is 6.15 Å². The molecular weight excluding hydrogens is 310 g/mol. The molecule has 0 aliphatic rings. The summed E-state index contributed by atoms with van der Waals surface area (Å²) < 4.78 is 29.7. The second-order valence-corrected chi connectivity index (χ2v) is 7.63. The zero-order chi connectivity index (χ0) is 16.1. The van der Waals surface area contributed by atoms with E-state index in [2.05, 4.69) is 30.3 Å². The summed E-state index contributed by atoms with van der Waals surface area (Å²) >= 11 is 0. The van der Waals surface area contributed by atoms with Crippen molar-refractivity contribution in [2.45, 2.75) is 70.6 Å². The van der Waals surface area contributed by atoms with Crippen molar-refractivity contribution in [3.8, 4) is 0 Å². The summed E-state index contributed by atoms with van der Waals surface area (Å²) in [7, 11) is -3.75. The van der Waals surface area contributed by atoms with E-state index in [1.807, 2.05) is 0 Å². The predicted octanol–water partition coefficient (Wildman–Crippen LogP) is 5.18. The van der Waals surface area contributed by atoms with Crippen molar-refractivity contribution in [2.75, 3.05) is 5.75 Å². The molecule has 1 aromatic rings. The van der Waals surface area contributed by atoms with Crippen LogP contribution in [-0.4, -0.2) is 18.7 Å². The van der Waals surface area contributed by atoms with Gasteiger partial charge >= 0.3 is 0 Å². The number of hydrogen-bond acceptors (Lipinski definition) is 3. The van der Waals surface area contributed by atoms with Crippen LogP contribution in [0.15, 0.2) is 30.3 Å². The smallest absolute Gasteiger partial charge is 0.264 e. The highest BCUT2D eigenvalue weighted by molar-refractivity contribution is 7.85. The normalized spacial score (nSPS) is 11.2. The van der Waals surface area contributed by atoms with Crippen LogP contribution in [-0.2, 0) is 16.5 Å². The van der Waals surface area contributed by atoms with Gasteiger partial charge in [-0.2, -0.15) is 8.42 Å². The average Bonchev–Trinajstić information content (AvgIpc) is 2.48. The molecule has 1 aromatic carbocycles. The molecular formula is C18H33NO3S. The van der Waals surface area contributed by atoms with Gasteiger partial charge in [0.25, 0.3) is 10.1 Å². The third-order valence-electron chi connectivity index (χ3n) is 3.96. The first-order valence-corrected chi connectivity index (χ1v) is 10.2. The summed E-state index contributed by atoms with van der Waals surface area (Å²) in [5, 5.41) is 0. The third-order valence-corrected chi connectivity index (χ3v) is 4.77. The zero-order valence-electron chi connectivity index (χ0n) is 14.3. The Morgan fingerprint density at radius 3 is 1.61 bits per heavy atom. The topological polar surface area (TPSA) is 89.4 Å². The zero-order valence-corrected chi connectivity index (χ0v) is 15.1. The van der Waals surface area contributed by atoms with Gasteiger partial charge in [0.1, 0.15) is 0 Å². The van der Waals surface area contributed by atoms with Gasteiger partial charge in [-0.05, 0) is 24.8 Å². The SMILES string of the molecule is N.O=S(=O)(O)CCCCCCCCCCCCc1ccccc1. The van der Waals surface area contributed by atoms with E-state index in [0.29, 0.717) is 6.42 Å². The van der Waals surface area contributed by atoms with E-state index >= 15 is 0 Å². The van der Waals surface area contributed by atoms with Crippen LogP contribution in [0.3, 0.4) is 0 Å². The van der Waals surface area contributed by atoms with Gasteiger partial charge in [-0.25, -0.2) is 0 Å². The van der Waals surface area contributed by atoms with E-state index in [-0.39, 0.29) is 11.9 Å². The van der Waals surface area contributed by atoms with Gasteiger partial charge in [-0.1, -0.05) is 81.7 Å². The molecule has 0 aliphatic heterocycles. The van der Waals surface area contributed by atoms with Gasteiger partial charge in [-0.15, -0.1) is 0 Å². The van der Waals surface area contributed by atoms with Crippen molar-refractivity contribution in [2.24, 2.45) is 0 Å². The van der Waals surface area contributed by atoms with Crippen LogP contribution < -0.4 is 6.15 Å². The molecule has 4 nitrogen and oxygen atoms in total. The molecule has 0 spiro atoms. The quantitative estimate of drug-likeness (QED) is 0.381. The number of hydrogen-bond donors (Lipinski definition) is 2. The number of aryl methyl sites for hydroxylation is 1. The summed E-state index contributed by atoms with van der Waals surface area (Å²) in [6.07, 6.45) is 12.6. The largest absolute Gasteiger partial charge is 0.344 e. The van der Waals surface area contributed by atoms with Crippen molar-refractivity contribution in [3.63, 3.8) is 0 Å². The highest BCUT2D eigenvalue weighted by Crippen LogP contribution is 2.12. The Kier molecular flexibility index (Phi) is 13.0. The molecule has 0 saturated carbocycles. The summed E-state index contributed by atoms with van der Waals surface area (Å²) in [4.78, 5) is 0. The first-order valence-electron chi connectivity index (χ1n) is 8.57. The van der Waals surface area contributed by atoms with Crippen LogP contribution in [0.2, 0.25) is 0 Å². The molecule has 0 heterocycles. The molecule has 134 valence electrons. The van der Waals surface area contributed by atoms with E-state index < -0.39 is 10.1 Å². The molecule has 0 radical (unpaired) electrons. The van der Waals surface area contributed by atoms with E-state index in [4.69, 9.17) is 4.55 Å². The molecule has 0 fully saturated rings. The standard InChI is InChI=1S/C18H30O3S.H3N/c19-22(20,21)17-13-8-6-4-2-1-3-5-7-10-14-18-15-11-9-12-16-18;/h9,11-12,15-16H,1-8,10,13-14,17H2,(H,19,20,21);1H3. The van der Waals surface area contributed by atoms with E-state index in [1.165, 1.54) is 56.9 Å². The Hall–Kier alpha value is -0.910. The van der Waals surface area contributed by atoms with Crippen LogP contribution in [0.5, 0.6) is 0 Å². The summed E-state index contributed by atoms with van der Waals surface area (Å²) in [5.41, 5.74) is 1.44. The second-order valence-electron chi connectivity index (χ2n) is 6.06. The van der Waals surface area contributed by atoms with Gasteiger partial charge in [0, 0.05) is 0 Å². The van der Waals surface area contributed by atoms with Crippen LogP contribution in [0.25, 0.3) is 0 Å². The van der Waals surface area contributed by atoms with Crippen LogP contribution in [0, 0.1) is 0 Å². The second kappa shape index (κ2) is 13.5. The maximum Gasteiger partial charge on any atom is 0.264 e. The van der Waals surface area contributed by atoms with Crippen molar-refractivity contribution in [3.05, 3.63) is 35.9 Å². The van der Waals surface area contributed by atoms with Crippen LogP contribution in [0.1, 0.15) is 69.8 Å². The lowest BCUT2D eigenvalue weighted by atomic mass is 10.0. The molecule has 0 aromatic heterocycles.